The summed E-state index contributed by atoms with van der Waals surface area (Å²) in [5.74, 6) is -0.808. The van der Waals surface area contributed by atoms with Crippen LogP contribution >= 0.6 is 22.9 Å². The molecule has 0 fully saturated rings. The lowest BCUT2D eigenvalue weighted by Crippen LogP contribution is -2.35. The molecule has 0 unspecified atom stereocenters. The number of carbonyl (C=O) groups excluding carboxylic acids is 2. The second kappa shape index (κ2) is 9.73. The molecule has 0 saturated carbocycles. The average molecular weight is 428 g/mol. The lowest BCUT2D eigenvalue weighted by Gasteiger charge is -2.21. The van der Waals surface area contributed by atoms with Crippen molar-refractivity contribution in [2.24, 2.45) is 0 Å². The maximum Gasteiger partial charge on any atom is 0.358 e. The number of anilines is 1. The molecule has 0 aliphatic carbocycles. The predicted molar refractivity (Wildman–Crippen MR) is 107 cm³/mol. The molecule has 1 aromatic carbocycles. The summed E-state index contributed by atoms with van der Waals surface area (Å²) in [7, 11) is 0. The molecule has 0 radical (unpaired) electrons. The average Bonchev–Trinajstić information content (AvgIpc) is 3.23. The molecule has 0 N–H and O–H groups in total. The molecule has 1 amide bonds. The van der Waals surface area contributed by atoms with E-state index in [-0.39, 0.29) is 18.7 Å². The second-order valence-electron chi connectivity index (χ2n) is 5.62. The van der Waals surface area contributed by atoms with Gasteiger partial charge in [0.2, 0.25) is 0 Å². The van der Waals surface area contributed by atoms with Gasteiger partial charge < -0.3 is 9.64 Å². The zero-order chi connectivity index (χ0) is 20.6. The van der Waals surface area contributed by atoms with E-state index in [0.717, 1.165) is 0 Å². The molecule has 3 aromatic rings. The van der Waals surface area contributed by atoms with E-state index < -0.39 is 18.5 Å². The van der Waals surface area contributed by atoms with Gasteiger partial charge in [0, 0.05) is 35.0 Å². The van der Waals surface area contributed by atoms with Crippen LogP contribution in [-0.4, -0.2) is 40.0 Å². The molecule has 0 spiro atoms. The van der Waals surface area contributed by atoms with Crippen molar-refractivity contribution in [2.45, 2.75) is 6.42 Å². The fourth-order valence-corrected chi connectivity index (χ4v) is 3.28. The quantitative estimate of drug-likeness (QED) is 0.531. The number of carbonyl (C=O) groups is 2. The summed E-state index contributed by atoms with van der Waals surface area (Å²) in [4.78, 5) is 38.5. The Balaban J connectivity index is 1.66. The van der Waals surface area contributed by atoms with Crippen LogP contribution in [0.3, 0.4) is 0 Å². The van der Waals surface area contributed by atoms with Crippen LogP contribution in [0.1, 0.15) is 16.9 Å². The van der Waals surface area contributed by atoms with Crippen molar-refractivity contribution in [1.29, 1.82) is 5.26 Å². The highest BCUT2D eigenvalue weighted by molar-refractivity contribution is 7.13. The van der Waals surface area contributed by atoms with Gasteiger partial charge in [0.1, 0.15) is 0 Å². The standard InChI is InChI=1S/C19H14ClN5O3S/c20-13-4-1-5-14(10-13)25(9-2-6-21)16(26)11-28-19(27)15-12-29-18(24-15)17-22-7-3-8-23-17/h1,3-5,7-8,10,12H,2,9,11H2. The van der Waals surface area contributed by atoms with Crippen molar-refractivity contribution in [1.82, 2.24) is 15.0 Å². The molecule has 0 atom stereocenters. The number of esters is 1. The number of hydrogen-bond donors (Lipinski definition) is 0. The monoisotopic (exact) mass is 427 g/mol. The van der Waals surface area contributed by atoms with E-state index in [9.17, 15) is 9.59 Å². The van der Waals surface area contributed by atoms with Crippen molar-refractivity contribution < 1.29 is 14.3 Å². The number of benzene rings is 1. The molecule has 2 aromatic heterocycles. The molecule has 3 rings (SSSR count). The van der Waals surface area contributed by atoms with E-state index in [0.29, 0.717) is 21.5 Å². The number of nitrogens with zero attached hydrogens (tertiary/aromatic N) is 5. The van der Waals surface area contributed by atoms with Gasteiger partial charge in [-0.25, -0.2) is 19.7 Å². The van der Waals surface area contributed by atoms with Gasteiger partial charge in [-0.3, -0.25) is 4.79 Å². The van der Waals surface area contributed by atoms with Crippen LogP contribution in [0.5, 0.6) is 0 Å². The zero-order valence-corrected chi connectivity index (χ0v) is 16.6. The summed E-state index contributed by atoms with van der Waals surface area (Å²) in [6.07, 6.45) is 3.27. The summed E-state index contributed by atoms with van der Waals surface area (Å²) in [6, 6.07) is 10.3. The van der Waals surface area contributed by atoms with Gasteiger partial charge in [0.25, 0.3) is 5.91 Å². The first kappa shape index (κ1) is 20.4. The van der Waals surface area contributed by atoms with Crippen molar-refractivity contribution >= 4 is 40.5 Å². The van der Waals surface area contributed by atoms with Crippen molar-refractivity contribution in [3.05, 3.63) is 58.8 Å². The second-order valence-corrected chi connectivity index (χ2v) is 6.91. The Morgan fingerprint density at radius 2 is 2.03 bits per heavy atom. The third-order valence-electron chi connectivity index (χ3n) is 3.67. The minimum absolute atomic E-state index is 0.0663. The van der Waals surface area contributed by atoms with Crippen molar-refractivity contribution in [3.63, 3.8) is 0 Å². The molecular formula is C19H14ClN5O3S. The third kappa shape index (κ3) is 5.34. The normalized spacial score (nSPS) is 10.2. The van der Waals surface area contributed by atoms with Gasteiger partial charge in [0.15, 0.2) is 23.1 Å². The number of aromatic nitrogens is 3. The Hall–Kier alpha value is -3.35. The smallest absolute Gasteiger partial charge is 0.358 e. The van der Waals surface area contributed by atoms with E-state index in [4.69, 9.17) is 21.6 Å². The lowest BCUT2D eigenvalue weighted by atomic mass is 10.2. The maximum absolute atomic E-state index is 12.6. The Bertz CT molecular complexity index is 1050. The van der Waals surface area contributed by atoms with Gasteiger partial charge in [-0.1, -0.05) is 17.7 Å². The number of halogens is 1. The highest BCUT2D eigenvalue weighted by atomic mass is 35.5. The fourth-order valence-electron chi connectivity index (χ4n) is 2.36. The van der Waals surface area contributed by atoms with Crippen molar-refractivity contribution in [2.75, 3.05) is 18.1 Å². The van der Waals surface area contributed by atoms with Crippen LogP contribution in [-0.2, 0) is 9.53 Å². The highest BCUT2D eigenvalue weighted by Crippen LogP contribution is 2.21. The molecule has 0 bridgehead atoms. The summed E-state index contributed by atoms with van der Waals surface area (Å²) in [5.41, 5.74) is 0.586. The first-order valence-electron chi connectivity index (χ1n) is 8.41. The highest BCUT2D eigenvalue weighted by Gasteiger charge is 2.20. The van der Waals surface area contributed by atoms with Gasteiger partial charge in [-0.2, -0.15) is 5.26 Å². The zero-order valence-electron chi connectivity index (χ0n) is 15.0. The molecule has 146 valence electrons. The molecular weight excluding hydrogens is 414 g/mol. The summed E-state index contributed by atoms with van der Waals surface area (Å²) < 4.78 is 5.11. The Labute approximate surface area is 175 Å². The van der Waals surface area contributed by atoms with E-state index in [1.807, 2.05) is 6.07 Å². The molecule has 0 aliphatic rings. The van der Waals surface area contributed by atoms with E-state index in [1.54, 1.807) is 42.7 Å². The van der Waals surface area contributed by atoms with Gasteiger partial charge in [-0.15, -0.1) is 11.3 Å². The number of ether oxygens (including phenoxy) is 1. The number of thiazole rings is 1. The Morgan fingerprint density at radius 1 is 1.24 bits per heavy atom. The van der Waals surface area contributed by atoms with E-state index in [1.165, 1.54) is 21.6 Å². The Morgan fingerprint density at radius 3 is 2.76 bits per heavy atom. The van der Waals surface area contributed by atoms with Crippen LogP contribution in [0.2, 0.25) is 5.02 Å². The summed E-state index contributed by atoms with van der Waals surface area (Å²) >= 11 is 7.18. The largest absolute Gasteiger partial charge is 0.451 e. The fraction of sp³-hybridized carbons (Fsp3) is 0.158. The predicted octanol–water partition coefficient (Wildman–Crippen LogP) is 3.36. The molecule has 2 heterocycles. The van der Waals surface area contributed by atoms with E-state index >= 15 is 0 Å². The number of rotatable bonds is 7. The van der Waals surface area contributed by atoms with Crippen LogP contribution in [0.4, 0.5) is 5.69 Å². The topological polar surface area (TPSA) is 109 Å². The number of nitriles is 1. The minimum Gasteiger partial charge on any atom is -0.451 e. The maximum atomic E-state index is 12.6. The molecule has 0 aliphatic heterocycles. The molecule has 0 saturated heterocycles. The molecule has 8 nitrogen and oxygen atoms in total. The van der Waals surface area contributed by atoms with Gasteiger partial charge in [0.05, 0.1) is 12.5 Å². The van der Waals surface area contributed by atoms with Gasteiger partial charge >= 0.3 is 5.97 Å². The SMILES string of the molecule is N#CCCN(C(=O)COC(=O)c1csc(-c2ncccn2)n1)c1cccc(Cl)c1. The first-order valence-corrected chi connectivity index (χ1v) is 9.67. The number of amides is 1. The van der Waals surface area contributed by atoms with Crippen LogP contribution in [0.25, 0.3) is 10.8 Å². The molecule has 29 heavy (non-hydrogen) atoms. The van der Waals surface area contributed by atoms with E-state index in [2.05, 4.69) is 15.0 Å². The Kier molecular flexibility index (Phi) is 6.84. The molecule has 10 heteroatoms. The lowest BCUT2D eigenvalue weighted by molar-refractivity contribution is -0.121. The van der Waals surface area contributed by atoms with Crippen LogP contribution < -0.4 is 4.90 Å². The summed E-state index contributed by atoms with van der Waals surface area (Å²) in [6.45, 7) is -0.342. The first-order chi connectivity index (χ1) is 14.1. The summed E-state index contributed by atoms with van der Waals surface area (Å²) in [5, 5.41) is 11.3. The third-order valence-corrected chi connectivity index (χ3v) is 4.74. The minimum atomic E-state index is -0.733. The van der Waals surface area contributed by atoms with Gasteiger partial charge in [-0.05, 0) is 24.3 Å². The van der Waals surface area contributed by atoms with Crippen LogP contribution in [0.15, 0.2) is 48.1 Å². The van der Waals surface area contributed by atoms with Crippen molar-refractivity contribution in [3.8, 4) is 16.9 Å². The van der Waals surface area contributed by atoms with Crippen LogP contribution in [0, 0.1) is 11.3 Å². The number of hydrogen-bond acceptors (Lipinski definition) is 8.